The summed E-state index contributed by atoms with van der Waals surface area (Å²) in [5.74, 6) is 1.16. The normalized spacial score (nSPS) is 11.2. The second-order valence-corrected chi connectivity index (χ2v) is 10.3. The first-order chi connectivity index (χ1) is 17.9. The number of anilines is 1. The summed E-state index contributed by atoms with van der Waals surface area (Å²) in [5, 5.41) is 2.81. The lowest BCUT2D eigenvalue weighted by Crippen LogP contribution is -2.37. The molecule has 1 N–H and O–H groups in total. The number of carbonyl (C=O) groups excluding carboxylic acids is 1. The van der Waals surface area contributed by atoms with Gasteiger partial charge in [-0.15, -0.1) is 0 Å². The number of hydrogen-bond donors (Lipinski definition) is 1. The van der Waals surface area contributed by atoms with E-state index in [4.69, 9.17) is 9.47 Å². The molecule has 8 heteroatoms. The van der Waals surface area contributed by atoms with Gasteiger partial charge in [0.15, 0.2) is 5.75 Å². The lowest BCUT2D eigenvalue weighted by atomic mass is 10.2. The minimum atomic E-state index is -4.01. The van der Waals surface area contributed by atoms with E-state index in [1.54, 1.807) is 43.3 Å². The number of para-hydroxylation sites is 3. The van der Waals surface area contributed by atoms with Gasteiger partial charge >= 0.3 is 0 Å². The minimum Gasteiger partial charge on any atom is -0.496 e. The highest BCUT2D eigenvalue weighted by Crippen LogP contribution is 2.30. The number of rotatable bonds is 10. The highest BCUT2D eigenvalue weighted by Gasteiger charge is 2.28. The average molecular weight is 517 g/mol. The van der Waals surface area contributed by atoms with E-state index < -0.39 is 15.9 Å². The van der Waals surface area contributed by atoms with Crippen molar-refractivity contribution in [3.63, 3.8) is 0 Å². The molecule has 0 atom stereocenters. The van der Waals surface area contributed by atoms with Crippen LogP contribution in [0.4, 0.5) is 5.69 Å². The maximum Gasteiger partial charge on any atom is 0.243 e. The Hall–Kier alpha value is -4.14. The molecule has 0 saturated carbocycles. The van der Waals surface area contributed by atoms with Gasteiger partial charge in [0.25, 0.3) is 0 Å². The number of hydrogen-bond acceptors (Lipinski definition) is 5. The summed E-state index contributed by atoms with van der Waals surface area (Å²) in [6.07, 6.45) is 0. The number of methoxy groups -OCH3 is 1. The zero-order chi connectivity index (χ0) is 26.3. The molecule has 0 aliphatic rings. The first kappa shape index (κ1) is 25.9. The Morgan fingerprint density at radius 2 is 1.49 bits per heavy atom. The summed E-state index contributed by atoms with van der Waals surface area (Å²) in [6.45, 7) is 1.42. The number of nitrogens with one attached hydrogen (secondary N) is 1. The lowest BCUT2D eigenvalue weighted by molar-refractivity contribution is -0.116. The molecule has 4 aromatic rings. The van der Waals surface area contributed by atoms with E-state index in [2.05, 4.69) is 5.32 Å². The molecule has 0 aromatic heterocycles. The van der Waals surface area contributed by atoms with E-state index in [1.807, 2.05) is 60.7 Å². The number of benzene rings is 4. The number of carbonyl (C=O) groups is 1. The van der Waals surface area contributed by atoms with Crippen molar-refractivity contribution in [1.29, 1.82) is 0 Å². The summed E-state index contributed by atoms with van der Waals surface area (Å²) < 4.78 is 39.7. The molecule has 37 heavy (non-hydrogen) atoms. The van der Waals surface area contributed by atoms with E-state index >= 15 is 0 Å². The highest BCUT2D eigenvalue weighted by atomic mass is 32.2. The molecule has 0 aliphatic heterocycles. The molecule has 0 fully saturated rings. The van der Waals surface area contributed by atoms with E-state index in [0.29, 0.717) is 28.5 Å². The second-order valence-electron chi connectivity index (χ2n) is 8.35. The van der Waals surface area contributed by atoms with Crippen LogP contribution in [-0.4, -0.2) is 32.3 Å². The van der Waals surface area contributed by atoms with Crippen molar-refractivity contribution in [3.8, 4) is 17.2 Å². The fourth-order valence-corrected chi connectivity index (χ4v) is 5.27. The Kier molecular flexibility index (Phi) is 8.22. The van der Waals surface area contributed by atoms with Crippen molar-refractivity contribution < 1.29 is 22.7 Å². The van der Waals surface area contributed by atoms with E-state index in [0.717, 1.165) is 5.56 Å². The lowest BCUT2D eigenvalue weighted by Gasteiger charge is -2.23. The number of ether oxygens (including phenoxy) is 2. The zero-order valence-electron chi connectivity index (χ0n) is 20.6. The summed E-state index contributed by atoms with van der Waals surface area (Å²) in [6, 6.07) is 30.0. The summed E-state index contributed by atoms with van der Waals surface area (Å²) >= 11 is 0. The molecular weight excluding hydrogens is 488 g/mol. The van der Waals surface area contributed by atoms with Gasteiger partial charge in [0, 0.05) is 6.54 Å². The van der Waals surface area contributed by atoms with Crippen LogP contribution in [0.5, 0.6) is 17.2 Å². The first-order valence-electron chi connectivity index (χ1n) is 11.7. The van der Waals surface area contributed by atoms with E-state index in [9.17, 15) is 13.2 Å². The summed E-state index contributed by atoms with van der Waals surface area (Å²) in [7, 11) is -2.48. The minimum absolute atomic E-state index is 0.0316. The van der Waals surface area contributed by atoms with E-state index in [1.165, 1.54) is 17.5 Å². The second kappa shape index (κ2) is 11.7. The fourth-order valence-electron chi connectivity index (χ4n) is 3.80. The van der Waals surface area contributed by atoms with Crippen LogP contribution in [0.3, 0.4) is 0 Å². The third-order valence-corrected chi connectivity index (χ3v) is 7.45. The van der Waals surface area contributed by atoms with Crippen molar-refractivity contribution in [3.05, 3.63) is 114 Å². The van der Waals surface area contributed by atoms with Crippen LogP contribution in [0.1, 0.15) is 11.1 Å². The van der Waals surface area contributed by atoms with Crippen LogP contribution in [0.25, 0.3) is 0 Å². The van der Waals surface area contributed by atoms with Gasteiger partial charge in [-0.1, -0.05) is 60.7 Å². The van der Waals surface area contributed by atoms with Crippen LogP contribution in [0.15, 0.2) is 108 Å². The fraction of sp³-hybridized carbons (Fsp3) is 0.138. The third kappa shape index (κ3) is 6.55. The molecule has 4 aromatic carbocycles. The Labute approximate surface area is 217 Å². The Morgan fingerprint density at radius 3 is 2.16 bits per heavy atom. The molecule has 0 bridgehead atoms. The van der Waals surface area contributed by atoms with Crippen LogP contribution in [-0.2, 0) is 21.4 Å². The highest BCUT2D eigenvalue weighted by molar-refractivity contribution is 7.89. The maximum atomic E-state index is 13.7. The van der Waals surface area contributed by atoms with Crippen molar-refractivity contribution in [2.75, 3.05) is 19.0 Å². The molecule has 7 nitrogen and oxygen atoms in total. The number of sulfonamides is 1. The maximum absolute atomic E-state index is 13.7. The Morgan fingerprint density at radius 1 is 0.838 bits per heavy atom. The van der Waals surface area contributed by atoms with Crippen LogP contribution in [0, 0.1) is 6.92 Å². The van der Waals surface area contributed by atoms with Crippen molar-refractivity contribution >= 4 is 21.6 Å². The van der Waals surface area contributed by atoms with Gasteiger partial charge < -0.3 is 14.8 Å². The Balaban J connectivity index is 1.59. The largest absolute Gasteiger partial charge is 0.496 e. The van der Waals surface area contributed by atoms with Crippen molar-refractivity contribution in [1.82, 2.24) is 4.31 Å². The molecule has 0 heterocycles. The summed E-state index contributed by atoms with van der Waals surface area (Å²) in [5.41, 5.74) is 1.88. The first-order valence-corrected chi connectivity index (χ1v) is 13.1. The molecule has 0 unspecified atom stereocenters. The number of aryl methyl sites for hydroxylation is 1. The van der Waals surface area contributed by atoms with E-state index in [-0.39, 0.29) is 18.0 Å². The van der Waals surface area contributed by atoms with Crippen molar-refractivity contribution in [2.24, 2.45) is 0 Å². The monoisotopic (exact) mass is 516 g/mol. The quantitative estimate of drug-likeness (QED) is 0.296. The summed E-state index contributed by atoms with van der Waals surface area (Å²) in [4.78, 5) is 13.3. The molecule has 0 aliphatic carbocycles. The van der Waals surface area contributed by atoms with Gasteiger partial charge in [-0.3, -0.25) is 4.79 Å². The third-order valence-electron chi connectivity index (χ3n) is 5.66. The van der Waals surface area contributed by atoms with Gasteiger partial charge in [0.05, 0.1) is 24.2 Å². The van der Waals surface area contributed by atoms with Gasteiger partial charge in [-0.05, 0) is 60.5 Å². The standard InChI is InChI=1S/C29H28N2O5S/c1-22-19-25(17-18-27(22)35-2)37(33,34)31(20-23-11-5-3-6-12-23)21-29(32)30-26-15-9-10-16-28(26)36-24-13-7-4-8-14-24/h3-19H,20-21H2,1-2H3,(H,30,32). The number of amides is 1. The molecule has 0 spiro atoms. The van der Waals surface area contributed by atoms with Crippen LogP contribution in [0.2, 0.25) is 0 Å². The molecule has 0 saturated heterocycles. The van der Waals surface area contributed by atoms with Crippen molar-refractivity contribution in [2.45, 2.75) is 18.4 Å². The SMILES string of the molecule is COc1ccc(S(=O)(=O)N(CC(=O)Nc2ccccc2Oc2ccccc2)Cc2ccccc2)cc1C. The van der Waals surface area contributed by atoms with Gasteiger partial charge in [0.2, 0.25) is 15.9 Å². The molecule has 0 radical (unpaired) electrons. The predicted octanol–water partition coefficient (Wildman–Crippen LogP) is 5.63. The molecular formula is C29H28N2O5S. The van der Waals surface area contributed by atoms with Gasteiger partial charge in [-0.2, -0.15) is 4.31 Å². The number of nitrogens with zero attached hydrogens (tertiary/aromatic N) is 1. The van der Waals surface area contributed by atoms with Gasteiger partial charge in [-0.25, -0.2) is 8.42 Å². The Bertz CT molecular complexity index is 1460. The molecule has 1 amide bonds. The van der Waals surface area contributed by atoms with Crippen LogP contribution < -0.4 is 14.8 Å². The topological polar surface area (TPSA) is 84.9 Å². The predicted molar refractivity (Wildman–Crippen MR) is 143 cm³/mol. The molecule has 4 rings (SSSR count). The molecule has 190 valence electrons. The van der Waals surface area contributed by atoms with Gasteiger partial charge in [0.1, 0.15) is 11.5 Å². The zero-order valence-corrected chi connectivity index (χ0v) is 21.4. The smallest absolute Gasteiger partial charge is 0.243 e. The average Bonchev–Trinajstić information content (AvgIpc) is 2.90. The van der Waals surface area contributed by atoms with Crippen LogP contribution >= 0.6 is 0 Å².